The summed E-state index contributed by atoms with van der Waals surface area (Å²) in [5, 5.41) is 7.54. The van der Waals surface area contributed by atoms with Gasteiger partial charge in [0.1, 0.15) is 6.26 Å². The van der Waals surface area contributed by atoms with Gasteiger partial charge in [-0.05, 0) is 17.7 Å². The minimum atomic E-state index is -3.75. The Morgan fingerprint density at radius 3 is 2.48 bits per heavy atom. The summed E-state index contributed by atoms with van der Waals surface area (Å²) in [6, 6.07) is 6.74. The van der Waals surface area contributed by atoms with Gasteiger partial charge in [-0.3, -0.25) is 9.59 Å². The predicted octanol–water partition coefficient (Wildman–Crippen LogP) is 0.226. The van der Waals surface area contributed by atoms with Crippen molar-refractivity contribution >= 4 is 15.9 Å². The molecule has 3 N–H and O–H groups in total. The van der Waals surface area contributed by atoms with Crippen LogP contribution in [-0.2, 0) is 16.6 Å². The molecule has 1 aromatic heterocycles. The van der Waals surface area contributed by atoms with Gasteiger partial charge in [-0.1, -0.05) is 12.1 Å². The lowest BCUT2D eigenvalue weighted by Crippen LogP contribution is -2.24. The van der Waals surface area contributed by atoms with E-state index in [1.807, 2.05) is 0 Å². The van der Waals surface area contributed by atoms with Crippen molar-refractivity contribution in [1.29, 1.82) is 0 Å². The van der Waals surface area contributed by atoms with Crippen molar-refractivity contribution < 1.29 is 22.4 Å². The standard InChI is InChI=1S/C14H14N2O6S/c1-21-13-8-22-12(6-11(13)17)14(18)16-7-9-2-4-10(5-3-9)23(15,19)20/h2-6,8H,7H2,1H3,(H,16,18)(H2,15,19,20). The lowest BCUT2D eigenvalue weighted by atomic mass is 10.2. The SMILES string of the molecule is COc1coc(C(=O)NCc2ccc(S(N)(=O)=O)cc2)cc1=O. The highest BCUT2D eigenvalue weighted by molar-refractivity contribution is 7.89. The second-order valence-corrected chi connectivity index (χ2v) is 6.11. The van der Waals surface area contributed by atoms with Gasteiger partial charge in [0, 0.05) is 12.6 Å². The van der Waals surface area contributed by atoms with Crippen LogP contribution in [0.4, 0.5) is 0 Å². The molecule has 23 heavy (non-hydrogen) atoms. The molecule has 0 bridgehead atoms. The predicted molar refractivity (Wildman–Crippen MR) is 80.5 cm³/mol. The molecule has 2 aromatic rings. The maximum atomic E-state index is 11.9. The molecule has 1 aromatic carbocycles. The molecule has 0 spiro atoms. The molecule has 1 heterocycles. The molecule has 0 aliphatic heterocycles. The molecular formula is C14H14N2O6S. The summed E-state index contributed by atoms with van der Waals surface area (Å²) in [7, 11) is -2.44. The maximum Gasteiger partial charge on any atom is 0.287 e. The van der Waals surface area contributed by atoms with Gasteiger partial charge in [-0.25, -0.2) is 13.6 Å². The number of methoxy groups -OCH3 is 1. The van der Waals surface area contributed by atoms with Gasteiger partial charge in [0.15, 0.2) is 5.76 Å². The first-order chi connectivity index (χ1) is 10.8. The zero-order valence-corrected chi connectivity index (χ0v) is 12.9. The summed E-state index contributed by atoms with van der Waals surface area (Å²) in [5.74, 6) is -0.739. The van der Waals surface area contributed by atoms with E-state index in [1.54, 1.807) is 0 Å². The highest BCUT2D eigenvalue weighted by Gasteiger charge is 2.12. The Balaban J connectivity index is 2.04. The van der Waals surface area contributed by atoms with Gasteiger partial charge in [0.2, 0.25) is 21.2 Å². The normalized spacial score (nSPS) is 11.0. The Bertz CT molecular complexity index is 871. The summed E-state index contributed by atoms with van der Waals surface area (Å²) < 4.78 is 32.0. The van der Waals surface area contributed by atoms with E-state index in [9.17, 15) is 18.0 Å². The van der Waals surface area contributed by atoms with Crippen molar-refractivity contribution in [3.05, 3.63) is 58.1 Å². The number of ether oxygens (including phenoxy) is 1. The first-order valence-corrected chi connectivity index (χ1v) is 7.92. The number of amides is 1. The van der Waals surface area contributed by atoms with E-state index in [-0.39, 0.29) is 22.9 Å². The van der Waals surface area contributed by atoms with E-state index in [4.69, 9.17) is 14.3 Å². The molecule has 0 unspecified atom stereocenters. The Hall–Kier alpha value is -2.65. The van der Waals surface area contributed by atoms with E-state index in [1.165, 1.54) is 31.4 Å². The molecule has 0 atom stereocenters. The van der Waals surface area contributed by atoms with E-state index >= 15 is 0 Å². The summed E-state index contributed by atoms with van der Waals surface area (Å²) in [5.41, 5.74) is 0.183. The Labute approximate surface area is 131 Å². The van der Waals surface area contributed by atoms with Crippen LogP contribution in [-0.4, -0.2) is 21.4 Å². The number of carbonyl (C=O) groups excluding carboxylic acids is 1. The van der Waals surface area contributed by atoms with Crippen molar-refractivity contribution in [3.8, 4) is 5.75 Å². The monoisotopic (exact) mass is 338 g/mol. The van der Waals surface area contributed by atoms with E-state index < -0.39 is 21.4 Å². The average Bonchev–Trinajstić information content (AvgIpc) is 2.52. The third kappa shape index (κ3) is 4.18. The van der Waals surface area contributed by atoms with Crippen molar-refractivity contribution in [2.45, 2.75) is 11.4 Å². The van der Waals surface area contributed by atoms with Crippen LogP contribution in [0.25, 0.3) is 0 Å². The Morgan fingerprint density at radius 1 is 1.30 bits per heavy atom. The minimum Gasteiger partial charge on any atom is -0.490 e. The van der Waals surface area contributed by atoms with Gasteiger partial charge in [0.25, 0.3) is 5.91 Å². The van der Waals surface area contributed by atoms with E-state index in [0.717, 1.165) is 12.3 Å². The van der Waals surface area contributed by atoms with Crippen LogP contribution in [0.3, 0.4) is 0 Å². The average molecular weight is 338 g/mol. The van der Waals surface area contributed by atoms with Crippen LogP contribution in [0.5, 0.6) is 5.75 Å². The molecule has 0 fully saturated rings. The fourth-order valence-electron chi connectivity index (χ4n) is 1.73. The molecule has 2 rings (SSSR count). The lowest BCUT2D eigenvalue weighted by molar-refractivity contribution is 0.0920. The van der Waals surface area contributed by atoms with Gasteiger partial charge in [0.05, 0.1) is 12.0 Å². The number of nitrogens with one attached hydrogen (secondary N) is 1. The summed E-state index contributed by atoms with van der Waals surface area (Å²) in [4.78, 5) is 23.4. The summed E-state index contributed by atoms with van der Waals surface area (Å²) in [6.45, 7) is 0.124. The minimum absolute atomic E-state index is 0.000123. The first-order valence-electron chi connectivity index (χ1n) is 6.38. The molecule has 1 amide bonds. The first kappa shape index (κ1) is 16.7. The largest absolute Gasteiger partial charge is 0.490 e. The molecule has 0 saturated carbocycles. The molecular weight excluding hydrogens is 324 g/mol. The number of rotatable bonds is 5. The van der Waals surface area contributed by atoms with Crippen LogP contribution < -0.4 is 20.6 Å². The number of carbonyl (C=O) groups is 1. The lowest BCUT2D eigenvalue weighted by Gasteiger charge is -2.06. The van der Waals surface area contributed by atoms with Crippen molar-refractivity contribution in [2.24, 2.45) is 5.14 Å². The number of hydrogen-bond acceptors (Lipinski definition) is 6. The van der Waals surface area contributed by atoms with Gasteiger partial charge in [-0.15, -0.1) is 0 Å². The molecule has 122 valence electrons. The maximum absolute atomic E-state index is 11.9. The smallest absolute Gasteiger partial charge is 0.287 e. The van der Waals surface area contributed by atoms with Crippen molar-refractivity contribution in [2.75, 3.05) is 7.11 Å². The van der Waals surface area contributed by atoms with Gasteiger partial charge >= 0.3 is 0 Å². The fraction of sp³-hybridized carbons (Fsp3) is 0.143. The van der Waals surface area contributed by atoms with Crippen LogP contribution >= 0.6 is 0 Å². The quantitative estimate of drug-likeness (QED) is 0.803. The second kappa shape index (κ2) is 6.63. The highest BCUT2D eigenvalue weighted by Crippen LogP contribution is 2.09. The topological polar surface area (TPSA) is 129 Å². The Morgan fingerprint density at radius 2 is 1.96 bits per heavy atom. The number of hydrogen-bond donors (Lipinski definition) is 2. The van der Waals surface area contributed by atoms with E-state index in [0.29, 0.717) is 5.56 Å². The third-order valence-corrected chi connectivity index (χ3v) is 3.88. The van der Waals surface area contributed by atoms with Crippen LogP contribution in [0.1, 0.15) is 16.1 Å². The van der Waals surface area contributed by atoms with Crippen LogP contribution in [0, 0.1) is 0 Å². The molecule has 0 saturated heterocycles. The van der Waals surface area contributed by atoms with Crippen LogP contribution in [0.2, 0.25) is 0 Å². The number of benzene rings is 1. The molecule has 0 aliphatic carbocycles. The molecule has 8 nitrogen and oxygen atoms in total. The van der Waals surface area contributed by atoms with E-state index in [2.05, 4.69) is 5.32 Å². The summed E-state index contributed by atoms with van der Waals surface area (Å²) in [6.07, 6.45) is 1.05. The summed E-state index contributed by atoms with van der Waals surface area (Å²) >= 11 is 0. The van der Waals surface area contributed by atoms with Gasteiger partial charge in [-0.2, -0.15) is 0 Å². The zero-order chi connectivity index (χ0) is 17.0. The fourth-order valence-corrected chi connectivity index (χ4v) is 2.25. The molecule has 0 radical (unpaired) electrons. The number of nitrogens with two attached hydrogens (primary N) is 1. The number of sulfonamides is 1. The molecule has 0 aliphatic rings. The molecule has 9 heteroatoms. The number of primary sulfonamides is 1. The Kier molecular flexibility index (Phi) is 4.82. The van der Waals surface area contributed by atoms with Crippen LogP contribution in [0.15, 0.2) is 50.7 Å². The second-order valence-electron chi connectivity index (χ2n) is 4.55. The van der Waals surface area contributed by atoms with Crippen molar-refractivity contribution in [1.82, 2.24) is 5.32 Å². The third-order valence-electron chi connectivity index (χ3n) is 2.95. The highest BCUT2D eigenvalue weighted by atomic mass is 32.2. The zero-order valence-electron chi connectivity index (χ0n) is 12.1. The van der Waals surface area contributed by atoms with Crippen molar-refractivity contribution in [3.63, 3.8) is 0 Å². The van der Waals surface area contributed by atoms with Gasteiger partial charge < -0.3 is 14.5 Å².